The van der Waals surface area contributed by atoms with Crippen LogP contribution in [0.25, 0.3) is 6.08 Å². The van der Waals surface area contributed by atoms with E-state index in [1.54, 1.807) is 25.1 Å². The quantitative estimate of drug-likeness (QED) is 0.545. The Morgan fingerprint density at radius 1 is 1.17 bits per heavy atom. The van der Waals surface area contributed by atoms with Crippen LogP contribution in [0.15, 0.2) is 36.4 Å². The maximum absolute atomic E-state index is 10.8. The number of carbonyl (C=O) groups is 1. The van der Waals surface area contributed by atoms with Crippen LogP contribution in [-0.2, 0) is 0 Å². The summed E-state index contributed by atoms with van der Waals surface area (Å²) in [6.07, 6.45) is 4.42. The van der Waals surface area contributed by atoms with Crippen LogP contribution < -0.4 is 0 Å². The molecule has 1 aromatic carbocycles. The van der Waals surface area contributed by atoms with Gasteiger partial charge in [0.15, 0.2) is 6.29 Å². The Bertz CT molecular complexity index is 463. The van der Waals surface area contributed by atoms with Crippen LogP contribution in [0, 0.1) is 0 Å². The zero-order valence-corrected chi connectivity index (χ0v) is 10.0. The number of aromatic hydroxyl groups is 1. The van der Waals surface area contributed by atoms with Gasteiger partial charge in [0.2, 0.25) is 0 Å². The topological polar surface area (TPSA) is 77.8 Å². The van der Waals surface area contributed by atoms with Gasteiger partial charge in [0.1, 0.15) is 18.0 Å². The van der Waals surface area contributed by atoms with Gasteiger partial charge in [0, 0.05) is 0 Å². The molecule has 0 aliphatic carbocycles. The van der Waals surface area contributed by atoms with Crippen LogP contribution in [0.5, 0.6) is 5.75 Å². The fourth-order valence-corrected chi connectivity index (χ4v) is 1.47. The summed E-state index contributed by atoms with van der Waals surface area (Å²) in [6, 6.07) is 4.64. The van der Waals surface area contributed by atoms with Crippen molar-refractivity contribution in [1.82, 2.24) is 0 Å². The highest BCUT2D eigenvalue weighted by Crippen LogP contribution is 2.20. The molecular formula is C14H16O4. The number of aliphatic hydroxyl groups is 2. The van der Waals surface area contributed by atoms with E-state index in [0.29, 0.717) is 11.8 Å². The summed E-state index contributed by atoms with van der Waals surface area (Å²) in [7, 11) is 0. The fraction of sp³-hybridized carbons (Fsp3) is 0.214. The van der Waals surface area contributed by atoms with Crippen LogP contribution in [-0.4, -0.2) is 33.8 Å². The van der Waals surface area contributed by atoms with Crippen molar-refractivity contribution in [1.29, 1.82) is 0 Å². The summed E-state index contributed by atoms with van der Waals surface area (Å²) in [5, 5.41) is 28.5. The van der Waals surface area contributed by atoms with E-state index in [1.165, 1.54) is 24.3 Å². The van der Waals surface area contributed by atoms with Crippen molar-refractivity contribution < 1.29 is 20.1 Å². The number of allylic oxidation sites excluding steroid dienone is 1. The first kappa shape index (κ1) is 14.2. The molecule has 4 nitrogen and oxygen atoms in total. The number of benzene rings is 1. The van der Waals surface area contributed by atoms with E-state index in [9.17, 15) is 20.1 Å². The Kier molecular flexibility index (Phi) is 5.30. The summed E-state index contributed by atoms with van der Waals surface area (Å²) < 4.78 is 0. The van der Waals surface area contributed by atoms with Crippen molar-refractivity contribution in [2.24, 2.45) is 0 Å². The molecule has 0 aliphatic rings. The minimum atomic E-state index is -1.07. The largest absolute Gasteiger partial charge is 0.507 e. The van der Waals surface area contributed by atoms with Crippen molar-refractivity contribution in [3.63, 3.8) is 0 Å². The molecule has 3 N–H and O–H groups in total. The Morgan fingerprint density at radius 2 is 1.83 bits per heavy atom. The molecule has 0 heterocycles. The molecule has 0 spiro atoms. The number of aliphatic hydroxyl groups excluding tert-OH is 2. The van der Waals surface area contributed by atoms with Crippen molar-refractivity contribution in [3.05, 3.63) is 47.6 Å². The normalized spacial score (nSPS) is 15.1. The molecular weight excluding hydrogens is 232 g/mol. The number of rotatable bonds is 5. The minimum Gasteiger partial charge on any atom is -0.507 e. The minimum absolute atomic E-state index is 0.115. The molecule has 0 aromatic heterocycles. The lowest BCUT2D eigenvalue weighted by Crippen LogP contribution is -2.20. The molecule has 96 valence electrons. The van der Waals surface area contributed by atoms with Gasteiger partial charge in [0.05, 0.1) is 5.56 Å². The van der Waals surface area contributed by atoms with E-state index >= 15 is 0 Å². The standard InChI is InChI=1S/C14H16O4/c1-2-4-13(17)14(18)8-7-10-5-3-6-12(16)11(10)9-15/h2-9,13-14,16-18H,1H3/t13-,14-/m0/s1. The molecule has 0 aliphatic heterocycles. The number of hydrogen-bond acceptors (Lipinski definition) is 4. The van der Waals surface area contributed by atoms with E-state index in [0.717, 1.165) is 0 Å². The van der Waals surface area contributed by atoms with Gasteiger partial charge in [0.25, 0.3) is 0 Å². The van der Waals surface area contributed by atoms with Gasteiger partial charge in [-0.1, -0.05) is 36.4 Å². The number of carbonyl (C=O) groups excluding carboxylic acids is 1. The van der Waals surface area contributed by atoms with Crippen molar-refractivity contribution in [2.75, 3.05) is 0 Å². The number of aldehydes is 1. The average Bonchev–Trinajstić information content (AvgIpc) is 2.36. The summed E-state index contributed by atoms with van der Waals surface area (Å²) in [4.78, 5) is 10.8. The van der Waals surface area contributed by atoms with Gasteiger partial charge in [-0.25, -0.2) is 0 Å². The van der Waals surface area contributed by atoms with Crippen LogP contribution in [0.1, 0.15) is 22.8 Å². The van der Waals surface area contributed by atoms with E-state index in [-0.39, 0.29) is 11.3 Å². The molecule has 2 atom stereocenters. The lowest BCUT2D eigenvalue weighted by atomic mass is 10.1. The highest BCUT2D eigenvalue weighted by molar-refractivity contribution is 5.85. The number of phenolic OH excluding ortho intramolecular Hbond substituents is 1. The van der Waals surface area contributed by atoms with Crippen LogP contribution >= 0.6 is 0 Å². The van der Waals surface area contributed by atoms with E-state index < -0.39 is 12.2 Å². The SMILES string of the molecule is CC=C[C@H](O)[C@@H](O)C=Cc1cccc(O)c1C=O. The first-order chi connectivity index (χ1) is 8.60. The molecule has 0 amide bonds. The Balaban J connectivity index is 2.91. The zero-order chi connectivity index (χ0) is 13.5. The van der Waals surface area contributed by atoms with Gasteiger partial charge in [-0.2, -0.15) is 0 Å². The molecule has 18 heavy (non-hydrogen) atoms. The molecule has 0 radical (unpaired) electrons. The lowest BCUT2D eigenvalue weighted by molar-refractivity contribution is 0.0813. The predicted molar refractivity (Wildman–Crippen MR) is 69.4 cm³/mol. The monoisotopic (exact) mass is 248 g/mol. The first-order valence-electron chi connectivity index (χ1n) is 5.54. The second-order valence-electron chi connectivity index (χ2n) is 3.76. The third-order valence-corrected chi connectivity index (χ3v) is 2.45. The zero-order valence-electron chi connectivity index (χ0n) is 10.0. The highest BCUT2D eigenvalue weighted by Gasteiger charge is 2.09. The third-order valence-electron chi connectivity index (χ3n) is 2.45. The van der Waals surface area contributed by atoms with Gasteiger partial charge in [-0.05, 0) is 18.6 Å². The molecule has 0 bridgehead atoms. The van der Waals surface area contributed by atoms with Gasteiger partial charge in [-0.15, -0.1) is 0 Å². The summed E-state index contributed by atoms with van der Waals surface area (Å²) in [5.41, 5.74) is 0.637. The Morgan fingerprint density at radius 3 is 2.44 bits per heavy atom. The molecule has 0 fully saturated rings. The molecule has 4 heteroatoms. The van der Waals surface area contributed by atoms with Gasteiger partial charge in [-0.3, -0.25) is 4.79 Å². The van der Waals surface area contributed by atoms with Crippen molar-refractivity contribution in [2.45, 2.75) is 19.1 Å². The fourth-order valence-electron chi connectivity index (χ4n) is 1.47. The average molecular weight is 248 g/mol. The maximum atomic E-state index is 10.8. The Labute approximate surface area is 106 Å². The number of hydrogen-bond donors (Lipinski definition) is 3. The maximum Gasteiger partial charge on any atom is 0.154 e. The van der Waals surface area contributed by atoms with Gasteiger partial charge < -0.3 is 15.3 Å². The summed E-state index contributed by atoms with van der Waals surface area (Å²) in [5.74, 6) is -0.115. The van der Waals surface area contributed by atoms with Crippen molar-refractivity contribution >= 4 is 12.4 Å². The van der Waals surface area contributed by atoms with E-state index in [2.05, 4.69) is 0 Å². The summed E-state index contributed by atoms with van der Waals surface area (Å²) in [6.45, 7) is 1.74. The van der Waals surface area contributed by atoms with Crippen LogP contribution in [0.3, 0.4) is 0 Å². The number of phenols is 1. The summed E-state index contributed by atoms with van der Waals surface area (Å²) >= 11 is 0. The molecule has 1 aromatic rings. The lowest BCUT2D eigenvalue weighted by Gasteiger charge is -2.10. The Hall–Kier alpha value is -1.91. The second kappa shape index (κ2) is 6.74. The predicted octanol–water partition coefficient (Wildman–Crippen LogP) is 1.52. The third kappa shape index (κ3) is 3.55. The smallest absolute Gasteiger partial charge is 0.154 e. The van der Waals surface area contributed by atoms with Crippen LogP contribution in [0.4, 0.5) is 0 Å². The van der Waals surface area contributed by atoms with Crippen LogP contribution in [0.2, 0.25) is 0 Å². The first-order valence-corrected chi connectivity index (χ1v) is 5.54. The van der Waals surface area contributed by atoms with E-state index in [1.807, 2.05) is 0 Å². The molecule has 0 saturated carbocycles. The van der Waals surface area contributed by atoms with Gasteiger partial charge >= 0.3 is 0 Å². The van der Waals surface area contributed by atoms with Crippen molar-refractivity contribution in [3.8, 4) is 5.75 Å². The molecule has 1 rings (SSSR count). The van der Waals surface area contributed by atoms with E-state index in [4.69, 9.17) is 0 Å². The molecule has 0 unspecified atom stereocenters. The second-order valence-corrected chi connectivity index (χ2v) is 3.76. The molecule has 0 saturated heterocycles. The highest BCUT2D eigenvalue weighted by atomic mass is 16.3.